The van der Waals surface area contributed by atoms with Gasteiger partial charge in [0.15, 0.2) is 0 Å². The van der Waals surface area contributed by atoms with Crippen LogP contribution in [0.1, 0.15) is 25.0 Å². The molecule has 0 aliphatic rings. The van der Waals surface area contributed by atoms with Crippen molar-refractivity contribution >= 4 is 22.4 Å². The number of hydrogen-bond acceptors (Lipinski definition) is 2. The first kappa shape index (κ1) is 16.8. The SMILES string of the molecule is CC(C)Oc1ccc2ccccc2c1CNCc1ccccc1Cl. The minimum Gasteiger partial charge on any atom is -0.491 e. The highest BCUT2D eigenvalue weighted by atomic mass is 35.5. The van der Waals surface area contributed by atoms with Gasteiger partial charge in [-0.25, -0.2) is 0 Å². The molecule has 0 heterocycles. The van der Waals surface area contributed by atoms with E-state index in [2.05, 4.69) is 55.6 Å². The van der Waals surface area contributed by atoms with Crippen LogP contribution in [0, 0.1) is 0 Å². The average molecular weight is 340 g/mol. The maximum Gasteiger partial charge on any atom is 0.124 e. The molecule has 0 aliphatic heterocycles. The Bertz CT molecular complexity index is 829. The van der Waals surface area contributed by atoms with Gasteiger partial charge in [0, 0.05) is 23.7 Å². The van der Waals surface area contributed by atoms with E-state index in [0.29, 0.717) is 0 Å². The van der Waals surface area contributed by atoms with Gasteiger partial charge < -0.3 is 10.1 Å². The molecule has 0 fully saturated rings. The second-order valence-electron chi connectivity index (χ2n) is 6.12. The largest absolute Gasteiger partial charge is 0.491 e. The van der Waals surface area contributed by atoms with Crippen LogP contribution in [0.3, 0.4) is 0 Å². The van der Waals surface area contributed by atoms with E-state index in [0.717, 1.165) is 29.4 Å². The first-order valence-corrected chi connectivity index (χ1v) is 8.64. The standard InChI is InChI=1S/C21H22ClNO/c1-15(2)24-21-12-11-16-7-3-5-9-18(16)19(21)14-23-13-17-8-4-6-10-20(17)22/h3-12,15,23H,13-14H2,1-2H3. The summed E-state index contributed by atoms with van der Waals surface area (Å²) in [7, 11) is 0. The normalized spacial score (nSPS) is 11.2. The zero-order chi connectivity index (χ0) is 16.9. The Balaban J connectivity index is 1.85. The van der Waals surface area contributed by atoms with Crippen LogP contribution in [0.4, 0.5) is 0 Å². The summed E-state index contributed by atoms with van der Waals surface area (Å²) in [5.41, 5.74) is 2.29. The van der Waals surface area contributed by atoms with Crippen molar-refractivity contribution < 1.29 is 4.74 Å². The Morgan fingerprint density at radius 2 is 1.67 bits per heavy atom. The van der Waals surface area contributed by atoms with Gasteiger partial charge >= 0.3 is 0 Å². The summed E-state index contributed by atoms with van der Waals surface area (Å²) >= 11 is 6.24. The molecule has 0 radical (unpaired) electrons. The van der Waals surface area contributed by atoms with Gasteiger partial charge in [-0.05, 0) is 42.3 Å². The van der Waals surface area contributed by atoms with Gasteiger partial charge in [0.1, 0.15) is 5.75 Å². The zero-order valence-electron chi connectivity index (χ0n) is 14.1. The summed E-state index contributed by atoms with van der Waals surface area (Å²) in [5, 5.41) is 6.74. The first-order valence-electron chi connectivity index (χ1n) is 8.26. The van der Waals surface area contributed by atoms with Crippen molar-refractivity contribution in [3.05, 3.63) is 76.8 Å². The van der Waals surface area contributed by atoms with Gasteiger partial charge in [-0.15, -0.1) is 0 Å². The average Bonchev–Trinajstić information content (AvgIpc) is 2.57. The maximum absolute atomic E-state index is 6.24. The van der Waals surface area contributed by atoms with Gasteiger partial charge in [0.25, 0.3) is 0 Å². The van der Waals surface area contributed by atoms with Crippen LogP contribution in [0.15, 0.2) is 60.7 Å². The number of nitrogens with one attached hydrogen (secondary N) is 1. The lowest BCUT2D eigenvalue weighted by atomic mass is 10.0. The smallest absolute Gasteiger partial charge is 0.124 e. The van der Waals surface area contributed by atoms with E-state index in [1.54, 1.807) is 0 Å². The number of fused-ring (bicyclic) bond motifs is 1. The van der Waals surface area contributed by atoms with E-state index in [1.807, 2.05) is 24.3 Å². The Morgan fingerprint density at radius 1 is 0.917 bits per heavy atom. The van der Waals surface area contributed by atoms with Gasteiger partial charge in [-0.1, -0.05) is 60.1 Å². The molecule has 24 heavy (non-hydrogen) atoms. The number of rotatable bonds is 6. The molecule has 0 saturated carbocycles. The molecule has 124 valence electrons. The molecule has 1 N–H and O–H groups in total. The van der Waals surface area contributed by atoms with Gasteiger partial charge in [-0.2, -0.15) is 0 Å². The molecule has 3 aromatic rings. The highest BCUT2D eigenvalue weighted by Gasteiger charge is 2.10. The second-order valence-corrected chi connectivity index (χ2v) is 6.53. The fraction of sp³-hybridized carbons (Fsp3) is 0.238. The predicted molar refractivity (Wildman–Crippen MR) is 102 cm³/mol. The molecule has 0 aliphatic carbocycles. The Hall–Kier alpha value is -2.03. The molecule has 3 rings (SSSR count). The fourth-order valence-electron chi connectivity index (χ4n) is 2.83. The third kappa shape index (κ3) is 3.89. The van der Waals surface area contributed by atoms with Crippen molar-refractivity contribution in [2.75, 3.05) is 0 Å². The number of hydrogen-bond donors (Lipinski definition) is 1. The van der Waals surface area contributed by atoms with E-state index in [4.69, 9.17) is 16.3 Å². The minimum absolute atomic E-state index is 0.147. The van der Waals surface area contributed by atoms with Crippen molar-refractivity contribution in [1.82, 2.24) is 5.32 Å². The molecular weight excluding hydrogens is 318 g/mol. The van der Waals surface area contributed by atoms with Crippen LogP contribution >= 0.6 is 11.6 Å². The van der Waals surface area contributed by atoms with Crippen LogP contribution in [-0.2, 0) is 13.1 Å². The number of benzene rings is 3. The Kier molecular flexibility index (Phi) is 5.39. The Labute approximate surface area is 148 Å². The fourth-order valence-corrected chi connectivity index (χ4v) is 3.03. The molecular formula is C21H22ClNO. The minimum atomic E-state index is 0.147. The van der Waals surface area contributed by atoms with E-state index in [9.17, 15) is 0 Å². The summed E-state index contributed by atoms with van der Waals surface area (Å²) in [6.45, 7) is 5.56. The second kappa shape index (κ2) is 7.69. The monoisotopic (exact) mass is 339 g/mol. The number of ether oxygens (including phenoxy) is 1. The van der Waals surface area contributed by atoms with Gasteiger partial charge in [0.05, 0.1) is 6.10 Å². The molecule has 0 amide bonds. The summed E-state index contributed by atoms with van der Waals surface area (Å²) in [5.74, 6) is 0.940. The molecule has 0 saturated heterocycles. The van der Waals surface area contributed by atoms with Crippen LogP contribution in [-0.4, -0.2) is 6.10 Å². The third-order valence-electron chi connectivity index (χ3n) is 3.94. The van der Waals surface area contributed by atoms with E-state index < -0.39 is 0 Å². The van der Waals surface area contributed by atoms with Crippen LogP contribution in [0.5, 0.6) is 5.75 Å². The van der Waals surface area contributed by atoms with Crippen molar-refractivity contribution in [3.8, 4) is 5.75 Å². The van der Waals surface area contributed by atoms with Crippen LogP contribution in [0.25, 0.3) is 10.8 Å². The Morgan fingerprint density at radius 3 is 2.46 bits per heavy atom. The zero-order valence-corrected chi connectivity index (χ0v) is 14.8. The molecule has 3 heteroatoms. The molecule has 0 bridgehead atoms. The molecule has 2 nitrogen and oxygen atoms in total. The number of halogens is 1. The molecule has 0 unspecified atom stereocenters. The molecule has 3 aromatic carbocycles. The van der Waals surface area contributed by atoms with Crippen molar-refractivity contribution in [2.24, 2.45) is 0 Å². The van der Waals surface area contributed by atoms with Crippen LogP contribution in [0.2, 0.25) is 5.02 Å². The lowest BCUT2D eigenvalue weighted by Crippen LogP contribution is -2.15. The molecule has 0 atom stereocenters. The topological polar surface area (TPSA) is 21.3 Å². The summed E-state index contributed by atoms with van der Waals surface area (Å²) in [4.78, 5) is 0. The van der Waals surface area contributed by atoms with E-state index in [1.165, 1.54) is 16.3 Å². The van der Waals surface area contributed by atoms with Gasteiger partial charge in [0.2, 0.25) is 0 Å². The van der Waals surface area contributed by atoms with Crippen molar-refractivity contribution in [3.63, 3.8) is 0 Å². The molecule has 0 spiro atoms. The maximum atomic E-state index is 6.24. The lowest BCUT2D eigenvalue weighted by molar-refractivity contribution is 0.240. The molecule has 0 aromatic heterocycles. The predicted octanol–water partition coefficient (Wildman–Crippen LogP) is 5.57. The van der Waals surface area contributed by atoms with E-state index >= 15 is 0 Å². The quantitative estimate of drug-likeness (QED) is 0.633. The lowest BCUT2D eigenvalue weighted by Gasteiger charge is -2.17. The third-order valence-corrected chi connectivity index (χ3v) is 4.30. The summed E-state index contributed by atoms with van der Waals surface area (Å²) < 4.78 is 6.01. The highest BCUT2D eigenvalue weighted by Crippen LogP contribution is 2.29. The van der Waals surface area contributed by atoms with Gasteiger partial charge in [-0.3, -0.25) is 0 Å². The summed E-state index contributed by atoms with van der Waals surface area (Å²) in [6.07, 6.45) is 0.147. The van der Waals surface area contributed by atoms with Crippen LogP contribution < -0.4 is 10.1 Å². The highest BCUT2D eigenvalue weighted by molar-refractivity contribution is 6.31. The van der Waals surface area contributed by atoms with E-state index in [-0.39, 0.29) is 6.10 Å². The summed E-state index contributed by atoms with van der Waals surface area (Å²) in [6, 6.07) is 20.5. The van der Waals surface area contributed by atoms with Crippen molar-refractivity contribution in [1.29, 1.82) is 0 Å². The first-order chi connectivity index (χ1) is 11.6. The van der Waals surface area contributed by atoms with Crippen molar-refractivity contribution in [2.45, 2.75) is 33.0 Å².